The van der Waals surface area contributed by atoms with Crippen LogP contribution in [0.2, 0.25) is 0 Å². The Hall–Kier alpha value is -0.260. The molecule has 0 saturated carbocycles. The van der Waals surface area contributed by atoms with E-state index < -0.39 is 0 Å². The number of methoxy groups -OCH3 is 1. The smallest absolute Gasteiger partial charge is 0.0668 e. The summed E-state index contributed by atoms with van der Waals surface area (Å²) in [6.45, 7) is 4.02. The second kappa shape index (κ2) is 5.40. The fourth-order valence-corrected chi connectivity index (χ4v) is 1.02. The molecule has 0 aromatic rings. The van der Waals surface area contributed by atoms with Crippen LogP contribution in [0.25, 0.3) is 0 Å². The first-order valence-electron chi connectivity index (χ1n) is 4.06. The molecular weight excluding hydrogens is 174 g/mol. The van der Waals surface area contributed by atoms with Gasteiger partial charge in [0, 0.05) is 13.0 Å². The van der Waals surface area contributed by atoms with Crippen molar-refractivity contribution < 1.29 is 4.74 Å². The largest absolute Gasteiger partial charge is 0.379 e. The number of nitriles is 1. The number of nitrogens with zero attached hydrogens (tertiary/aromatic N) is 1. The Kier molecular flexibility index (Phi) is 5.28. The first-order chi connectivity index (χ1) is 5.55. The lowest BCUT2D eigenvalue weighted by atomic mass is 9.97. The molecule has 1 atom stereocenters. The maximum absolute atomic E-state index is 8.62. The first kappa shape index (κ1) is 11.7. The van der Waals surface area contributed by atoms with Crippen molar-refractivity contribution in [3.8, 4) is 6.07 Å². The number of alkyl halides is 1. The summed E-state index contributed by atoms with van der Waals surface area (Å²) in [7, 11) is 1.68. The molecular formula is C9H16ClNO. The Bertz CT molecular complexity index is 162. The van der Waals surface area contributed by atoms with Gasteiger partial charge in [0.25, 0.3) is 0 Å². The number of hydrogen-bond acceptors (Lipinski definition) is 2. The summed E-state index contributed by atoms with van der Waals surface area (Å²) in [5.74, 6) is 0.372. The molecule has 0 aliphatic rings. The minimum Gasteiger partial charge on any atom is -0.379 e. The van der Waals surface area contributed by atoms with Gasteiger partial charge in [-0.3, -0.25) is 0 Å². The molecule has 12 heavy (non-hydrogen) atoms. The lowest BCUT2D eigenvalue weighted by Gasteiger charge is -2.23. The Balaban J connectivity index is 3.75. The van der Waals surface area contributed by atoms with Crippen molar-refractivity contribution in [3.05, 3.63) is 0 Å². The zero-order valence-corrected chi connectivity index (χ0v) is 8.69. The highest BCUT2D eigenvalue weighted by Crippen LogP contribution is 2.19. The molecule has 0 amide bonds. The van der Waals surface area contributed by atoms with Crippen LogP contribution < -0.4 is 0 Å². The third-order valence-electron chi connectivity index (χ3n) is 2.02. The molecule has 0 rings (SSSR count). The van der Waals surface area contributed by atoms with Gasteiger partial charge < -0.3 is 4.74 Å². The molecule has 1 unspecified atom stereocenters. The van der Waals surface area contributed by atoms with Crippen molar-refractivity contribution in [3.63, 3.8) is 0 Å². The predicted molar refractivity (Wildman–Crippen MR) is 50.1 cm³/mol. The molecule has 70 valence electrons. The highest BCUT2D eigenvalue weighted by molar-refractivity contribution is 6.18. The molecule has 0 saturated heterocycles. The summed E-state index contributed by atoms with van der Waals surface area (Å²) in [5.41, 5.74) is -0.138. The Morgan fingerprint density at radius 1 is 1.58 bits per heavy atom. The summed E-state index contributed by atoms with van der Waals surface area (Å²) < 4.78 is 5.22. The summed E-state index contributed by atoms with van der Waals surface area (Å²) in [6, 6.07) is 2.16. The van der Waals surface area contributed by atoms with Gasteiger partial charge in [0.2, 0.25) is 0 Å². The van der Waals surface area contributed by atoms with E-state index in [-0.39, 0.29) is 11.5 Å². The first-order valence-corrected chi connectivity index (χ1v) is 4.60. The molecule has 3 heteroatoms. The minimum absolute atomic E-state index is 0.0407. The van der Waals surface area contributed by atoms with Gasteiger partial charge in [0.15, 0.2) is 0 Å². The van der Waals surface area contributed by atoms with E-state index >= 15 is 0 Å². The standard InChI is InChI=1S/C9H16ClNO/c1-9(2,12-3)5-4-8(6-10)7-11/h8H,4-6H2,1-3H3. The molecule has 0 aliphatic carbocycles. The van der Waals surface area contributed by atoms with Gasteiger partial charge in [0.1, 0.15) is 0 Å². The zero-order valence-electron chi connectivity index (χ0n) is 7.93. The fraction of sp³-hybridized carbons (Fsp3) is 0.889. The Morgan fingerprint density at radius 3 is 2.50 bits per heavy atom. The molecule has 0 radical (unpaired) electrons. The predicted octanol–water partition coefficient (Wildman–Crippen LogP) is 2.57. The Labute approximate surface area is 79.5 Å². The molecule has 2 nitrogen and oxygen atoms in total. The lowest BCUT2D eigenvalue weighted by Crippen LogP contribution is -2.23. The van der Waals surface area contributed by atoms with Crippen LogP contribution in [0.1, 0.15) is 26.7 Å². The summed E-state index contributed by atoms with van der Waals surface area (Å²) >= 11 is 5.58. The van der Waals surface area contributed by atoms with E-state index in [1.807, 2.05) is 13.8 Å². The van der Waals surface area contributed by atoms with Gasteiger partial charge in [-0.1, -0.05) is 0 Å². The van der Waals surface area contributed by atoms with Crippen LogP contribution in [0.4, 0.5) is 0 Å². The van der Waals surface area contributed by atoms with E-state index in [1.54, 1.807) is 7.11 Å². The minimum atomic E-state index is -0.138. The van der Waals surface area contributed by atoms with E-state index in [4.69, 9.17) is 21.6 Å². The van der Waals surface area contributed by atoms with Gasteiger partial charge >= 0.3 is 0 Å². The number of halogens is 1. The average Bonchev–Trinajstić information content (AvgIpc) is 2.06. The summed E-state index contributed by atoms with van der Waals surface area (Å²) in [5, 5.41) is 8.62. The monoisotopic (exact) mass is 189 g/mol. The van der Waals surface area contributed by atoms with E-state index in [1.165, 1.54) is 0 Å². The average molecular weight is 190 g/mol. The van der Waals surface area contributed by atoms with Crippen molar-refractivity contribution >= 4 is 11.6 Å². The highest BCUT2D eigenvalue weighted by atomic mass is 35.5. The lowest BCUT2D eigenvalue weighted by molar-refractivity contribution is 0.0123. The van der Waals surface area contributed by atoms with Gasteiger partial charge in [-0.2, -0.15) is 5.26 Å². The second-order valence-corrected chi connectivity index (χ2v) is 3.79. The third kappa shape index (κ3) is 4.58. The normalized spacial score (nSPS) is 13.9. The van der Waals surface area contributed by atoms with E-state index in [9.17, 15) is 0 Å². The van der Waals surface area contributed by atoms with Crippen LogP contribution in [0.15, 0.2) is 0 Å². The summed E-state index contributed by atoms with van der Waals surface area (Å²) in [6.07, 6.45) is 1.68. The number of hydrogen-bond donors (Lipinski definition) is 0. The topological polar surface area (TPSA) is 33.0 Å². The SMILES string of the molecule is COC(C)(C)CCC(C#N)CCl. The molecule has 0 aromatic carbocycles. The fourth-order valence-electron chi connectivity index (χ4n) is 0.800. The quantitative estimate of drug-likeness (QED) is 0.623. The van der Waals surface area contributed by atoms with Crippen molar-refractivity contribution in [2.24, 2.45) is 5.92 Å². The van der Waals surface area contributed by atoms with E-state index in [0.29, 0.717) is 5.88 Å². The van der Waals surface area contributed by atoms with E-state index in [0.717, 1.165) is 12.8 Å². The Morgan fingerprint density at radius 2 is 2.17 bits per heavy atom. The van der Waals surface area contributed by atoms with Crippen LogP contribution >= 0.6 is 11.6 Å². The molecule has 0 fully saturated rings. The van der Waals surface area contributed by atoms with Crippen molar-refractivity contribution in [2.45, 2.75) is 32.3 Å². The van der Waals surface area contributed by atoms with Crippen LogP contribution in [0, 0.1) is 17.2 Å². The van der Waals surface area contributed by atoms with Crippen molar-refractivity contribution in [1.82, 2.24) is 0 Å². The molecule has 0 aliphatic heterocycles. The van der Waals surface area contributed by atoms with Gasteiger partial charge in [-0.05, 0) is 26.7 Å². The van der Waals surface area contributed by atoms with Gasteiger partial charge in [-0.25, -0.2) is 0 Å². The van der Waals surface area contributed by atoms with Crippen molar-refractivity contribution in [2.75, 3.05) is 13.0 Å². The zero-order chi connectivity index (χ0) is 9.61. The maximum atomic E-state index is 8.62. The molecule has 0 aromatic heterocycles. The maximum Gasteiger partial charge on any atom is 0.0668 e. The second-order valence-electron chi connectivity index (χ2n) is 3.48. The molecule has 0 N–H and O–H groups in total. The molecule has 0 spiro atoms. The molecule has 0 heterocycles. The number of rotatable bonds is 5. The van der Waals surface area contributed by atoms with Gasteiger partial charge in [0.05, 0.1) is 17.6 Å². The van der Waals surface area contributed by atoms with Crippen LogP contribution in [-0.2, 0) is 4.74 Å². The van der Waals surface area contributed by atoms with Gasteiger partial charge in [-0.15, -0.1) is 11.6 Å². The summed E-state index contributed by atoms with van der Waals surface area (Å²) in [4.78, 5) is 0. The number of ether oxygens (including phenoxy) is 1. The third-order valence-corrected chi connectivity index (χ3v) is 2.39. The van der Waals surface area contributed by atoms with Crippen LogP contribution in [-0.4, -0.2) is 18.6 Å². The molecule has 0 bridgehead atoms. The van der Waals surface area contributed by atoms with Crippen LogP contribution in [0.5, 0.6) is 0 Å². The van der Waals surface area contributed by atoms with Crippen molar-refractivity contribution in [1.29, 1.82) is 5.26 Å². The van der Waals surface area contributed by atoms with Crippen LogP contribution in [0.3, 0.4) is 0 Å². The highest BCUT2D eigenvalue weighted by Gasteiger charge is 2.18. The van der Waals surface area contributed by atoms with E-state index in [2.05, 4.69) is 6.07 Å².